The van der Waals surface area contributed by atoms with Crippen LogP contribution < -0.4 is 20.4 Å². The van der Waals surface area contributed by atoms with Gasteiger partial charge in [0.2, 0.25) is 0 Å². The summed E-state index contributed by atoms with van der Waals surface area (Å²) < 4.78 is 25.8. The Morgan fingerprint density at radius 3 is 1.32 bits per heavy atom. The fourth-order valence-electron chi connectivity index (χ4n) is 3.24. The first kappa shape index (κ1) is 19.9. The summed E-state index contributed by atoms with van der Waals surface area (Å²) in [4.78, 5) is 26.6. The van der Waals surface area contributed by atoms with Gasteiger partial charge in [0.25, 0.3) is 11.8 Å². The number of benzene rings is 2. The molecule has 2 amide bonds. The minimum atomic E-state index is -0.341. The fraction of sp³-hybridized carbons (Fsp3) is 0.300. The maximum absolute atomic E-state index is 12.9. The zero-order valence-corrected chi connectivity index (χ0v) is 15.4. The number of hydrogen-bond donors (Lipinski definition) is 4. The van der Waals surface area contributed by atoms with E-state index in [0.717, 1.165) is 36.0 Å². The highest BCUT2D eigenvalue weighted by atomic mass is 19.1. The molecule has 2 aromatic carbocycles. The van der Waals surface area contributed by atoms with E-state index in [1.165, 1.54) is 48.5 Å². The Balaban J connectivity index is 1.37. The van der Waals surface area contributed by atoms with Crippen LogP contribution in [0.25, 0.3) is 0 Å². The number of amides is 2. The smallest absolute Gasteiger partial charge is 0.279 e. The molecule has 0 atom stereocenters. The molecule has 1 heterocycles. The average Bonchev–Trinajstić information content (AvgIpc) is 2.67. The van der Waals surface area contributed by atoms with Gasteiger partial charge in [0.05, 0.1) is 0 Å². The second-order valence-corrected chi connectivity index (χ2v) is 6.96. The second-order valence-electron chi connectivity index (χ2n) is 6.96. The lowest BCUT2D eigenvalue weighted by molar-refractivity contribution is -1.00. The first-order valence-corrected chi connectivity index (χ1v) is 9.26. The Morgan fingerprint density at radius 2 is 1.00 bits per heavy atom. The highest BCUT2D eigenvalue weighted by Crippen LogP contribution is 2.08. The Morgan fingerprint density at radius 1 is 0.679 bits per heavy atom. The minimum absolute atomic E-state index is 0.112. The van der Waals surface area contributed by atoms with E-state index < -0.39 is 0 Å². The van der Waals surface area contributed by atoms with Gasteiger partial charge in [-0.2, -0.15) is 0 Å². The number of carbonyl (C=O) groups excluding carboxylic acids is 2. The molecule has 1 saturated heterocycles. The molecule has 0 spiro atoms. The molecule has 2 aromatic rings. The maximum atomic E-state index is 12.9. The summed E-state index contributed by atoms with van der Waals surface area (Å²) in [6, 6.07) is 11.4. The van der Waals surface area contributed by atoms with E-state index in [1.807, 2.05) is 0 Å². The van der Waals surface area contributed by atoms with Crippen molar-refractivity contribution in [3.63, 3.8) is 0 Å². The molecule has 0 aliphatic carbocycles. The number of rotatable bonds is 6. The first-order valence-electron chi connectivity index (χ1n) is 9.26. The van der Waals surface area contributed by atoms with Gasteiger partial charge in [0, 0.05) is 11.4 Å². The van der Waals surface area contributed by atoms with Crippen molar-refractivity contribution in [3.8, 4) is 0 Å². The molecule has 148 valence electrons. The quantitative estimate of drug-likeness (QED) is 0.529. The van der Waals surface area contributed by atoms with Crippen LogP contribution in [0.15, 0.2) is 48.5 Å². The van der Waals surface area contributed by atoms with Crippen molar-refractivity contribution in [1.29, 1.82) is 0 Å². The standard InChI is InChI=1S/C20H22F2N4O2/c21-15-1-5-17(6-2-15)23-19(27)13-25-9-11-26(12-10-25)14-20(28)24-18-7-3-16(22)4-8-18/h1-8H,9-14H2,(H,23,27)(H,24,28)/p+2. The predicted octanol–water partition coefficient (Wildman–Crippen LogP) is -0.675. The molecular weight excluding hydrogens is 366 g/mol. The highest BCUT2D eigenvalue weighted by molar-refractivity contribution is 5.91. The van der Waals surface area contributed by atoms with E-state index in [1.54, 1.807) is 0 Å². The van der Waals surface area contributed by atoms with Crippen LogP contribution in [0.2, 0.25) is 0 Å². The molecule has 3 rings (SSSR count). The van der Waals surface area contributed by atoms with E-state index in [-0.39, 0.29) is 23.4 Å². The third-order valence-electron chi connectivity index (χ3n) is 4.74. The molecule has 4 N–H and O–H groups in total. The van der Waals surface area contributed by atoms with Gasteiger partial charge < -0.3 is 20.4 Å². The van der Waals surface area contributed by atoms with Crippen LogP contribution in [0.4, 0.5) is 20.2 Å². The van der Waals surface area contributed by atoms with Crippen molar-refractivity contribution in [2.45, 2.75) is 0 Å². The number of nitrogens with one attached hydrogen (secondary N) is 4. The molecule has 0 unspecified atom stereocenters. The van der Waals surface area contributed by atoms with E-state index in [9.17, 15) is 18.4 Å². The third kappa shape index (κ3) is 6.11. The van der Waals surface area contributed by atoms with E-state index in [2.05, 4.69) is 10.6 Å². The van der Waals surface area contributed by atoms with Gasteiger partial charge >= 0.3 is 0 Å². The summed E-state index contributed by atoms with van der Waals surface area (Å²) in [6.45, 7) is 3.83. The maximum Gasteiger partial charge on any atom is 0.279 e. The Kier molecular flexibility index (Phi) is 6.67. The predicted molar refractivity (Wildman–Crippen MR) is 101 cm³/mol. The molecule has 0 bridgehead atoms. The van der Waals surface area contributed by atoms with Gasteiger partial charge in [-0.15, -0.1) is 0 Å². The Hall–Kier alpha value is -2.84. The van der Waals surface area contributed by atoms with Crippen molar-refractivity contribution in [2.24, 2.45) is 0 Å². The molecule has 0 saturated carbocycles. The van der Waals surface area contributed by atoms with Crippen molar-refractivity contribution in [1.82, 2.24) is 0 Å². The highest BCUT2D eigenvalue weighted by Gasteiger charge is 2.26. The third-order valence-corrected chi connectivity index (χ3v) is 4.74. The Labute approximate surface area is 162 Å². The average molecular weight is 390 g/mol. The van der Waals surface area contributed by atoms with Crippen LogP contribution in [-0.4, -0.2) is 51.1 Å². The molecular formula is C20H24F2N4O2+2. The van der Waals surface area contributed by atoms with Crippen LogP contribution in [-0.2, 0) is 9.59 Å². The minimum Gasteiger partial charge on any atom is -0.321 e. The summed E-state index contributed by atoms with van der Waals surface area (Å²) >= 11 is 0. The van der Waals surface area contributed by atoms with Crippen LogP contribution in [0.5, 0.6) is 0 Å². The van der Waals surface area contributed by atoms with Gasteiger partial charge in [-0.05, 0) is 48.5 Å². The summed E-state index contributed by atoms with van der Waals surface area (Å²) in [7, 11) is 0. The van der Waals surface area contributed by atoms with Crippen LogP contribution in [0.3, 0.4) is 0 Å². The SMILES string of the molecule is O=C(C[NH+]1CC[NH+](CC(=O)Nc2ccc(F)cc2)CC1)Nc1ccc(F)cc1. The Bertz CT molecular complexity index is 734. The molecule has 0 aromatic heterocycles. The summed E-state index contributed by atoms with van der Waals surface area (Å²) in [5.41, 5.74) is 1.15. The molecule has 8 heteroatoms. The summed E-state index contributed by atoms with van der Waals surface area (Å²) in [6.07, 6.45) is 0. The number of halogens is 2. The van der Waals surface area contributed by atoms with Crippen LogP contribution >= 0.6 is 0 Å². The monoisotopic (exact) mass is 390 g/mol. The van der Waals surface area contributed by atoms with Gasteiger partial charge in [0.1, 0.15) is 37.8 Å². The van der Waals surface area contributed by atoms with Gasteiger partial charge in [-0.1, -0.05) is 0 Å². The van der Waals surface area contributed by atoms with Crippen molar-refractivity contribution < 1.29 is 28.2 Å². The number of hydrogen-bond acceptors (Lipinski definition) is 2. The van der Waals surface area contributed by atoms with Gasteiger partial charge in [-0.25, -0.2) is 8.78 Å². The van der Waals surface area contributed by atoms with Crippen molar-refractivity contribution >= 4 is 23.2 Å². The number of quaternary nitrogens is 2. The zero-order valence-electron chi connectivity index (χ0n) is 15.4. The lowest BCUT2D eigenvalue weighted by atomic mass is 10.2. The molecule has 6 nitrogen and oxygen atoms in total. The van der Waals surface area contributed by atoms with E-state index in [4.69, 9.17) is 0 Å². The zero-order chi connectivity index (χ0) is 19.9. The lowest BCUT2D eigenvalue weighted by Gasteiger charge is -2.28. The number of carbonyl (C=O) groups is 2. The molecule has 1 fully saturated rings. The van der Waals surface area contributed by atoms with Gasteiger partial charge in [0.15, 0.2) is 13.1 Å². The summed E-state index contributed by atoms with van der Waals surface area (Å²) in [5.74, 6) is -0.907. The molecule has 1 aliphatic rings. The normalized spacial score (nSPS) is 19.1. The fourth-order valence-corrected chi connectivity index (χ4v) is 3.24. The van der Waals surface area contributed by atoms with E-state index >= 15 is 0 Å². The molecule has 28 heavy (non-hydrogen) atoms. The number of piperazine rings is 1. The first-order chi connectivity index (χ1) is 13.5. The lowest BCUT2D eigenvalue weighted by Crippen LogP contribution is -3.28. The molecule has 1 aliphatic heterocycles. The van der Waals surface area contributed by atoms with Gasteiger partial charge in [-0.3, -0.25) is 9.59 Å². The van der Waals surface area contributed by atoms with Crippen molar-refractivity contribution in [2.75, 3.05) is 49.9 Å². The summed E-state index contributed by atoms with van der Waals surface area (Å²) in [5, 5.41) is 5.53. The van der Waals surface area contributed by atoms with E-state index in [0.29, 0.717) is 24.5 Å². The van der Waals surface area contributed by atoms with Crippen LogP contribution in [0.1, 0.15) is 0 Å². The molecule has 0 radical (unpaired) electrons. The van der Waals surface area contributed by atoms with Crippen molar-refractivity contribution in [3.05, 3.63) is 60.2 Å². The largest absolute Gasteiger partial charge is 0.321 e. The van der Waals surface area contributed by atoms with Crippen LogP contribution in [0, 0.1) is 11.6 Å². The number of anilines is 2. The second kappa shape index (κ2) is 9.38. The topological polar surface area (TPSA) is 67.1 Å².